The first-order valence-corrected chi connectivity index (χ1v) is 8.34. The Morgan fingerprint density at radius 2 is 1.55 bits per heavy atom. The molecule has 0 aromatic carbocycles. The lowest BCUT2D eigenvalue weighted by atomic mass is 9.52. The van der Waals surface area contributed by atoms with Crippen LogP contribution in [0.5, 0.6) is 0 Å². The molecule has 0 unspecified atom stereocenters. The van der Waals surface area contributed by atoms with E-state index in [1.165, 1.54) is 38.5 Å². The fourth-order valence-electron chi connectivity index (χ4n) is 5.70. The zero-order chi connectivity index (χ0) is 14.1. The number of carbonyl (C=O) groups excluding carboxylic acids is 1. The molecule has 5 rings (SSSR count). The predicted octanol–water partition coefficient (Wildman–Crippen LogP) is 3.82. The molecule has 1 atom stereocenters. The normalized spacial score (nSPS) is 47.0. The quantitative estimate of drug-likeness (QED) is 0.729. The number of rotatable bonds is 1. The van der Waals surface area contributed by atoms with Crippen LogP contribution in [0.4, 0.5) is 4.79 Å². The molecule has 1 amide bonds. The minimum absolute atomic E-state index is 0.0353. The molecule has 3 heteroatoms. The maximum absolute atomic E-state index is 12.5. The number of cyclic esters (lactones) is 1. The number of hydrogen-bond donors (Lipinski definition) is 0. The van der Waals surface area contributed by atoms with Crippen molar-refractivity contribution in [3.63, 3.8) is 0 Å². The highest BCUT2D eigenvalue weighted by Gasteiger charge is 2.57. The molecule has 1 aliphatic heterocycles. The summed E-state index contributed by atoms with van der Waals surface area (Å²) in [6.45, 7) is 7.34. The Morgan fingerprint density at radius 3 is 1.95 bits per heavy atom. The summed E-state index contributed by atoms with van der Waals surface area (Å²) in [5.41, 5.74) is 0.207. The van der Waals surface area contributed by atoms with Crippen molar-refractivity contribution < 1.29 is 9.53 Å². The van der Waals surface area contributed by atoms with Crippen molar-refractivity contribution in [1.82, 2.24) is 4.90 Å². The van der Waals surface area contributed by atoms with Crippen molar-refractivity contribution in [1.29, 1.82) is 0 Å². The summed E-state index contributed by atoms with van der Waals surface area (Å²) in [5, 5.41) is 0. The van der Waals surface area contributed by atoms with Crippen molar-refractivity contribution in [3.05, 3.63) is 0 Å². The second kappa shape index (κ2) is 3.92. The third-order valence-corrected chi connectivity index (χ3v) is 6.36. The fourth-order valence-corrected chi connectivity index (χ4v) is 5.70. The lowest BCUT2D eigenvalue weighted by molar-refractivity contribution is -0.0666. The van der Waals surface area contributed by atoms with Crippen LogP contribution in [0.15, 0.2) is 0 Å². The monoisotopic (exact) mass is 277 g/mol. The van der Waals surface area contributed by atoms with E-state index in [2.05, 4.69) is 25.7 Å². The number of ether oxygens (including phenoxy) is 1. The predicted molar refractivity (Wildman–Crippen MR) is 77.3 cm³/mol. The molecule has 4 saturated carbocycles. The molecule has 4 aliphatic carbocycles. The van der Waals surface area contributed by atoms with Gasteiger partial charge in [-0.1, -0.05) is 20.8 Å². The maximum atomic E-state index is 12.5. The second-order valence-electron chi connectivity index (χ2n) is 8.99. The fraction of sp³-hybridized carbons (Fsp3) is 0.941. The lowest BCUT2D eigenvalue weighted by Crippen LogP contribution is -2.60. The first-order valence-electron chi connectivity index (χ1n) is 8.34. The van der Waals surface area contributed by atoms with E-state index in [0.29, 0.717) is 0 Å². The number of carbonyl (C=O) groups is 1. The molecule has 0 radical (unpaired) electrons. The van der Waals surface area contributed by atoms with Crippen LogP contribution >= 0.6 is 0 Å². The highest BCUT2D eigenvalue weighted by Crippen LogP contribution is 2.58. The zero-order valence-electron chi connectivity index (χ0n) is 13.0. The molecule has 3 nitrogen and oxygen atoms in total. The first kappa shape index (κ1) is 13.0. The molecule has 5 fully saturated rings. The summed E-state index contributed by atoms with van der Waals surface area (Å²) < 4.78 is 5.71. The molecule has 112 valence electrons. The zero-order valence-corrected chi connectivity index (χ0v) is 13.0. The van der Waals surface area contributed by atoms with Crippen LogP contribution in [-0.4, -0.2) is 29.2 Å². The SMILES string of the molecule is CC(C)(C)[C@H]1CN(C23CC4CC(CC(C4)C2)C3)C(=O)O1. The van der Waals surface area contributed by atoms with Gasteiger partial charge in [-0.05, 0) is 56.3 Å². The number of nitrogens with zero attached hydrogens (tertiary/aromatic N) is 1. The van der Waals surface area contributed by atoms with Crippen LogP contribution in [0.2, 0.25) is 0 Å². The van der Waals surface area contributed by atoms with Gasteiger partial charge in [0.15, 0.2) is 0 Å². The molecule has 1 heterocycles. The Labute approximate surface area is 122 Å². The largest absolute Gasteiger partial charge is 0.444 e. The molecule has 0 aromatic rings. The molecule has 1 saturated heterocycles. The molecule has 0 aromatic heterocycles. The van der Waals surface area contributed by atoms with Gasteiger partial charge in [-0.2, -0.15) is 0 Å². The van der Waals surface area contributed by atoms with Gasteiger partial charge in [0.2, 0.25) is 0 Å². The van der Waals surface area contributed by atoms with Gasteiger partial charge < -0.3 is 4.74 Å². The van der Waals surface area contributed by atoms with Crippen molar-refractivity contribution in [2.24, 2.45) is 23.2 Å². The van der Waals surface area contributed by atoms with Crippen LogP contribution in [-0.2, 0) is 4.74 Å². The number of amides is 1. The Kier molecular flexibility index (Phi) is 2.54. The van der Waals surface area contributed by atoms with Gasteiger partial charge >= 0.3 is 6.09 Å². The van der Waals surface area contributed by atoms with Crippen molar-refractivity contribution in [3.8, 4) is 0 Å². The van der Waals surface area contributed by atoms with Crippen molar-refractivity contribution >= 4 is 6.09 Å². The Bertz CT molecular complexity index is 401. The van der Waals surface area contributed by atoms with Gasteiger partial charge in [0.1, 0.15) is 6.10 Å². The highest BCUT2D eigenvalue weighted by molar-refractivity contribution is 5.71. The van der Waals surface area contributed by atoms with Gasteiger partial charge in [0.25, 0.3) is 0 Å². The molecule has 0 N–H and O–H groups in total. The third-order valence-electron chi connectivity index (χ3n) is 6.36. The second-order valence-corrected chi connectivity index (χ2v) is 8.99. The summed E-state index contributed by atoms with van der Waals surface area (Å²) in [6, 6.07) is 0. The smallest absolute Gasteiger partial charge is 0.410 e. The van der Waals surface area contributed by atoms with Gasteiger partial charge in [-0.25, -0.2) is 4.79 Å². The van der Waals surface area contributed by atoms with E-state index in [-0.39, 0.29) is 23.2 Å². The van der Waals surface area contributed by atoms with E-state index in [0.717, 1.165) is 24.3 Å². The van der Waals surface area contributed by atoms with Crippen LogP contribution in [0, 0.1) is 23.2 Å². The first-order chi connectivity index (χ1) is 9.36. The standard InChI is InChI=1S/C17H27NO2/c1-16(2,3)14-10-18(15(19)20-14)17-7-11-4-12(8-17)6-13(5-11)9-17/h11-14H,4-10H2,1-3H3/t11?,12?,13?,14-,17?/m1/s1. The summed E-state index contributed by atoms with van der Waals surface area (Å²) >= 11 is 0. The summed E-state index contributed by atoms with van der Waals surface area (Å²) in [5.74, 6) is 2.63. The summed E-state index contributed by atoms with van der Waals surface area (Å²) in [7, 11) is 0. The lowest BCUT2D eigenvalue weighted by Gasteiger charge is -2.59. The van der Waals surface area contributed by atoms with E-state index in [1.807, 2.05) is 0 Å². The van der Waals surface area contributed by atoms with Crippen LogP contribution in [0.25, 0.3) is 0 Å². The molecule has 4 bridgehead atoms. The van der Waals surface area contributed by atoms with E-state index >= 15 is 0 Å². The van der Waals surface area contributed by atoms with Gasteiger partial charge in [-0.15, -0.1) is 0 Å². The molecule has 20 heavy (non-hydrogen) atoms. The Morgan fingerprint density at radius 1 is 1.05 bits per heavy atom. The maximum Gasteiger partial charge on any atom is 0.410 e. The minimum Gasteiger partial charge on any atom is -0.444 e. The molecular formula is C17H27NO2. The molecule has 0 spiro atoms. The average molecular weight is 277 g/mol. The Hall–Kier alpha value is -0.730. The van der Waals surface area contributed by atoms with E-state index < -0.39 is 0 Å². The van der Waals surface area contributed by atoms with Crippen LogP contribution in [0.1, 0.15) is 59.3 Å². The third kappa shape index (κ3) is 1.81. The van der Waals surface area contributed by atoms with Gasteiger partial charge in [-0.3, -0.25) is 4.90 Å². The van der Waals surface area contributed by atoms with Crippen LogP contribution < -0.4 is 0 Å². The number of hydrogen-bond acceptors (Lipinski definition) is 2. The van der Waals surface area contributed by atoms with Gasteiger partial charge in [0.05, 0.1) is 6.54 Å². The molecule has 5 aliphatic rings. The summed E-state index contributed by atoms with van der Waals surface area (Å²) in [6.07, 6.45) is 8.01. The molecular weight excluding hydrogens is 250 g/mol. The Balaban J connectivity index is 1.60. The topological polar surface area (TPSA) is 29.5 Å². The van der Waals surface area contributed by atoms with Crippen LogP contribution in [0.3, 0.4) is 0 Å². The summed E-state index contributed by atoms with van der Waals surface area (Å²) in [4.78, 5) is 14.6. The van der Waals surface area contributed by atoms with E-state index in [1.54, 1.807) is 0 Å². The highest BCUT2D eigenvalue weighted by atomic mass is 16.6. The minimum atomic E-state index is -0.0353. The van der Waals surface area contributed by atoms with Crippen molar-refractivity contribution in [2.75, 3.05) is 6.54 Å². The van der Waals surface area contributed by atoms with Crippen molar-refractivity contribution in [2.45, 2.75) is 70.9 Å². The van der Waals surface area contributed by atoms with E-state index in [4.69, 9.17) is 4.74 Å². The average Bonchev–Trinajstić information content (AvgIpc) is 2.69. The van der Waals surface area contributed by atoms with Gasteiger partial charge in [0, 0.05) is 11.0 Å². The van der Waals surface area contributed by atoms with E-state index in [9.17, 15) is 4.79 Å².